The van der Waals surface area contributed by atoms with E-state index in [9.17, 15) is 19.2 Å². The second-order valence-electron chi connectivity index (χ2n) is 5.72. The minimum Gasteiger partial charge on any atom is -0.457 e. The number of rotatable bonds is 16. The quantitative estimate of drug-likeness (QED) is 0.159. The topological polar surface area (TPSA) is 105 Å². The highest BCUT2D eigenvalue weighted by Gasteiger charge is 2.29. The van der Waals surface area contributed by atoms with Crippen molar-refractivity contribution in [3.63, 3.8) is 0 Å². The van der Waals surface area contributed by atoms with E-state index < -0.39 is 23.9 Å². The summed E-state index contributed by atoms with van der Waals surface area (Å²) in [5.74, 6) is -2.34. The lowest BCUT2D eigenvalue weighted by Gasteiger charge is -2.37. The number of quaternary nitrogens is 1. The van der Waals surface area contributed by atoms with Crippen molar-refractivity contribution in [3.8, 4) is 0 Å². The highest BCUT2D eigenvalue weighted by molar-refractivity contribution is 5.82. The number of carbonyl (C=O) groups is 4. The van der Waals surface area contributed by atoms with Gasteiger partial charge in [0.05, 0.1) is 0 Å². The minimum atomic E-state index is -0.586. The predicted molar refractivity (Wildman–Crippen MR) is 104 cm³/mol. The van der Waals surface area contributed by atoms with Crippen molar-refractivity contribution in [3.05, 3.63) is 50.6 Å². The van der Waals surface area contributed by atoms with Crippen molar-refractivity contribution in [2.45, 2.75) is 0 Å². The molecule has 0 saturated carbocycles. The Bertz CT molecular complexity index is 516. The van der Waals surface area contributed by atoms with E-state index in [1.165, 1.54) is 0 Å². The molecule has 0 bridgehead atoms. The fraction of sp³-hybridized carbons (Fsp3) is 0.400. The van der Waals surface area contributed by atoms with Crippen LogP contribution in [0.3, 0.4) is 0 Å². The molecule has 0 aromatic rings. The molecule has 0 aromatic heterocycles. The van der Waals surface area contributed by atoms with Crippen molar-refractivity contribution >= 4 is 23.9 Å². The Balaban J connectivity index is 5.23. The SMILES string of the molecule is C=CC(=O)OCC[N+](CCOC(=O)C=C)(CCOC(=O)C=C)CCOC(=O)C=C. The first-order valence-electron chi connectivity index (χ1n) is 8.84. The van der Waals surface area contributed by atoms with Gasteiger partial charge in [-0.3, -0.25) is 0 Å². The van der Waals surface area contributed by atoms with Gasteiger partial charge in [0.15, 0.2) is 0 Å². The third-order valence-corrected chi connectivity index (χ3v) is 3.91. The lowest BCUT2D eigenvalue weighted by atomic mass is 10.3. The molecule has 0 aliphatic carbocycles. The Hall–Kier alpha value is -3.20. The molecule has 0 amide bonds. The lowest BCUT2D eigenvalue weighted by Crippen LogP contribution is -2.55. The van der Waals surface area contributed by atoms with Crippen LogP contribution in [-0.2, 0) is 38.1 Å². The molecule has 0 fully saturated rings. The molecule has 0 spiro atoms. The number of carbonyl (C=O) groups excluding carboxylic acids is 4. The summed E-state index contributed by atoms with van der Waals surface area (Å²) in [5.41, 5.74) is 0. The number of ether oxygens (including phenoxy) is 4. The molecule has 0 atom stereocenters. The number of nitrogens with zero attached hydrogens (tertiary/aromatic N) is 1. The Morgan fingerprint density at radius 2 is 0.724 bits per heavy atom. The van der Waals surface area contributed by atoms with Crippen LogP contribution in [-0.4, -0.2) is 81.0 Å². The van der Waals surface area contributed by atoms with Gasteiger partial charge in [-0.2, -0.15) is 0 Å². The Kier molecular flexibility index (Phi) is 13.2. The van der Waals surface area contributed by atoms with Gasteiger partial charge in [-0.1, -0.05) is 26.3 Å². The van der Waals surface area contributed by atoms with Gasteiger partial charge in [0, 0.05) is 24.3 Å². The fourth-order valence-electron chi connectivity index (χ4n) is 2.27. The molecule has 29 heavy (non-hydrogen) atoms. The minimum absolute atomic E-state index is 0.0328. The Morgan fingerprint density at radius 3 is 0.897 bits per heavy atom. The second-order valence-corrected chi connectivity index (χ2v) is 5.72. The van der Waals surface area contributed by atoms with Crippen molar-refractivity contribution in [2.75, 3.05) is 52.6 Å². The summed E-state index contributed by atoms with van der Waals surface area (Å²) in [6.07, 6.45) is 4.16. The predicted octanol–water partition coefficient (Wildman–Crippen LogP) is 0.720. The molecule has 9 heteroatoms. The van der Waals surface area contributed by atoms with E-state index >= 15 is 0 Å². The molecule has 0 unspecified atom stereocenters. The largest absolute Gasteiger partial charge is 0.457 e. The maximum atomic E-state index is 11.3. The standard InChI is InChI=1S/C20H28NO8/c1-5-17(22)26-13-9-21(10-14-27-18(23)6-2,11-15-28-19(24)7-3)12-16-29-20(25)8-4/h5-8H,1-4,9-16H2/q+1. The van der Waals surface area contributed by atoms with E-state index in [4.69, 9.17) is 18.9 Å². The van der Waals surface area contributed by atoms with Crippen LogP contribution < -0.4 is 0 Å². The van der Waals surface area contributed by atoms with Gasteiger partial charge in [0.2, 0.25) is 0 Å². The summed E-state index contributed by atoms with van der Waals surface area (Å²) in [6.45, 7) is 14.6. The monoisotopic (exact) mass is 410 g/mol. The first-order valence-corrected chi connectivity index (χ1v) is 8.84. The summed E-state index contributed by atoms with van der Waals surface area (Å²) in [7, 11) is 0. The molecule has 0 N–H and O–H groups in total. The molecule has 0 aliphatic rings. The van der Waals surface area contributed by atoms with Gasteiger partial charge in [-0.05, 0) is 0 Å². The van der Waals surface area contributed by atoms with Crippen LogP contribution in [0.15, 0.2) is 50.6 Å². The molecule has 0 rings (SSSR count). The van der Waals surface area contributed by atoms with Gasteiger partial charge < -0.3 is 23.4 Å². The van der Waals surface area contributed by atoms with E-state index in [1.807, 2.05) is 0 Å². The highest BCUT2D eigenvalue weighted by atomic mass is 16.5. The molecule has 160 valence electrons. The lowest BCUT2D eigenvalue weighted by molar-refractivity contribution is -0.928. The van der Waals surface area contributed by atoms with Crippen molar-refractivity contribution in [1.82, 2.24) is 0 Å². The highest BCUT2D eigenvalue weighted by Crippen LogP contribution is 2.09. The van der Waals surface area contributed by atoms with Gasteiger partial charge >= 0.3 is 23.9 Å². The average molecular weight is 410 g/mol. The molecule has 0 heterocycles. The van der Waals surface area contributed by atoms with E-state index in [0.29, 0.717) is 26.2 Å². The Labute approximate surface area is 170 Å². The van der Waals surface area contributed by atoms with Gasteiger partial charge in [0.25, 0.3) is 0 Å². The zero-order valence-electron chi connectivity index (χ0n) is 16.5. The van der Waals surface area contributed by atoms with Crippen LogP contribution in [0.25, 0.3) is 0 Å². The average Bonchev–Trinajstić information content (AvgIpc) is 2.72. The van der Waals surface area contributed by atoms with Crippen molar-refractivity contribution < 1.29 is 42.6 Å². The van der Waals surface area contributed by atoms with Crippen molar-refractivity contribution in [1.29, 1.82) is 0 Å². The van der Waals surface area contributed by atoms with Crippen LogP contribution >= 0.6 is 0 Å². The molecule has 9 nitrogen and oxygen atoms in total. The van der Waals surface area contributed by atoms with Crippen LogP contribution in [0.1, 0.15) is 0 Å². The maximum absolute atomic E-state index is 11.3. The Morgan fingerprint density at radius 1 is 0.517 bits per heavy atom. The third kappa shape index (κ3) is 12.0. The molecule has 0 aromatic carbocycles. The summed E-state index contributed by atoms with van der Waals surface area (Å²) >= 11 is 0. The van der Waals surface area contributed by atoms with Crippen LogP contribution in [0.5, 0.6) is 0 Å². The second kappa shape index (κ2) is 14.8. The van der Waals surface area contributed by atoms with Gasteiger partial charge in [0.1, 0.15) is 52.6 Å². The summed E-state index contributed by atoms with van der Waals surface area (Å²) < 4.78 is 20.4. The van der Waals surface area contributed by atoms with E-state index in [-0.39, 0.29) is 30.9 Å². The summed E-state index contributed by atoms with van der Waals surface area (Å²) in [4.78, 5) is 45.3. The first-order chi connectivity index (χ1) is 13.8. The normalized spacial score (nSPS) is 10.2. The van der Waals surface area contributed by atoms with Crippen LogP contribution in [0, 0.1) is 0 Å². The smallest absolute Gasteiger partial charge is 0.330 e. The maximum Gasteiger partial charge on any atom is 0.330 e. The van der Waals surface area contributed by atoms with E-state index in [2.05, 4.69) is 26.3 Å². The number of esters is 4. The zero-order valence-corrected chi connectivity index (χ0v) is 16.5. The molecular formula is C20H28NO8+. The fourth-order valence-corrected chi connectivity index (χ4v) is 2.27. The van der Waals surface area contributed by atoms with Crippen LogP contribution in [0.4, 0.5) is 0 Å². The van der Waals surface area contributed by atoms with E-state index in [0.717, 1.165) is 24.3 Å². The third-order valence-electron chi connectivity index (χ3n) is 3.91. The van der Waals surface area contributed by atoms with Gasteiger partial charge in [-0.15, -0.1) is 0 Å². The van der Waals surface area contributed by atoms with Crippen LogP contribution in [0.2, 0.25) is 0 Å². The number of hydrogen-bond donors (Lipinski definition) is 0. The van der Waals surface area contributed by atoms with Crippen molar-refractivity contribution in [2.24, 2.45) is 0 Å². The van der Waals surface area contributed by atoms with Gasteiger partial charge in [-0.25, -0.2) is 19.2 Å². The summed E-state index contributed by atoms with van der Waals surface area (Å²) in [6, 6.07) is 0. The zero-order chi connectivity index (χ0) is 22.1. The van der Waals surface area contributed by atoms with E-state index in [1.54, 1.807) is 0 Å². The summed E-state index contributed by atoms with van der Waals surface area (Å²) in [5, 5.41) is 0. The molecule has 0 aliphatic heterocycles. The molecule has 0 radical (unpaired) electrons. The molecular weight excluding hydrogens is 382 g/mol. The molecule has 0 saturated heterocycles. The number of hydrogen-bond acceptors (Lipinski definition) is 8. The first kappa shape index (κ1) is 25.8.